The van der Waals surface area contributed by atoms with Crippen LogP contribution in [-0.4, -0.2) is 12.6 Å². The lowest BCUT2D eigenvalue weighted by atomic mass is 10.1. The topological polar surface area (TPSA) is 41.1 Å². The van der Waals surface area contributed by atoms with Gasteiger partial charge >= 0.3 is 6.03 Å². The summed E-state index contributed by atoms with van der Waals surface area (Å²) in [5.41, 5.74) is 3.59. The number of halogens is 1. The van der Waals surface area contributed by atoms with Crippen molar-refractivity contribution in [1.82, 2.24) is 10.6 Å². The van der Waals surface area contributed by atoms with Gasteiger partial charge in [0.1, 0.15) is 0 Å². The van der Waals surface area contributed by atoms with Gasteiger partial charge in [0.05, 0.1) is 0 Å². The predicted molar refractivity (Wildman–Crippen MR) is 89.3 cm³/mol. The first-order chi connectivity index (χ1) is 10.2. The molecule has 0 aromatic heterocycles. The van der Waals surface area contributed by atoms with Crippen LogP contribution in [-0.2, 0) is 13.0 Å². The number of benzene rings is 2. The Kier molecular flexibility index (Phi) is 5.81. The van der Waals surface area contributed by atoms with E-state index < -0.39 is 0 Å². The lowest BCUT2D eigenvalue weighted by Crippen LogP contribution is -2.36. The van der Waals surface area contributed by atoms with Crippen LogP contribution in [0.5, 0.6) is 0 Å². The Morgan fingerprint density at radius 3 is 2.38 bits per heavy atom. The summed E-state index contributed by atoms with van der Waals surface area (Å²) in [6, 6.07) is 15.9. The fraction of sp³-hybridized carbons (Fsp3) is 0.235. The van der Waals surface area contributed by atoms with E-state index in [-0.39, 0.29) is 6.03 Å². The van der Waals surface area contributed by atoms with Gasteiger partial charge in [0.2, 0.25) is 0 Å². The fourth-order valence-corrected chi connectivity index (χ4v) is 2.51. The minimum absolute atomic E-state index is 0.140. The molecule has 2 rings (SSSR count). The summed E-state index contributed by atoms with van der Waals surface area (Å²) in [7, 11) is 0. The maximum absolute atomic E-state index is 11.8. The minimum Gasteiger partial charge on any atom is -0.338 e. The maximum Gasteiger partial charge on any atom is 0.315 e. The van der Waals surface area contributed by atoms with E-state index in [9.17, 15) is 4.79 Å². The molecule has 2 N–H and O–H groups in total. The standard InChI is InChI=1S/C17H19BrN2O/c1-13-6-2-3-7-14(13)10-11-19-17(21)20-12-15-8-4-5-9-16(15)18/h2-9H,10-12H2,1H3,(H2,19,20,21). The van der Waals surface area contributed by atoms with Gasteiger partial charge in [0.25, 0.3) is 0 Å². The van der Waals surface area contributed by atoms with Gasteiger partial charge in [-0.25, -0.2) is 4.79 Å². The summed E-state index contributed by atoms with van der Waals surface area (Å²) in [5.74, 6) is 0. The summed E-state index contributed by atoms with van der Waals surface area (Å²) in [5, 5.41) is 5.74. The summed E-state index contributed by atoms with van der Waals surface area (Å²) >= 11 is 3.47. The first kappa shape index (κ1) is 15.6. The van der Waals surface area contributed by atoms with Crippen LogP contribution in [0.15, 0.2) is 53.0 Å². The molecule has 0 radical (unpaired) electrons. The second kappa shape index (κ2) is 7.84. The van der Waals surface area contributed by atoms with Crippen LogP contribution in [0.3, 0.4) is 0 Å². The minimum atomic E-state index is -0.140. The third kappa shape index (κ3) is 4.90. The van der Waals surface area contributed by atoms with E-state index in [2.05, 4.69) is 45.6 Å². The van der Waals surface area contributed by atoms with Crippen LogP contribution in [0.2, 0.25) is 0 Å². The smallest absolute Gasteiger partial charge is 0.315 e. The first-order valence-corrected chi connectivity index (χ1v) is 7.76. The van der Waals surface area contributed by atoms with E-state index in [4.69, 9.17) is 0 Å². The number of rotatable bonds is 5. The Labute approximate surface area is 133 Å². The van der Waals surface area contributed by atoms with Crippen molar-refractivity contribution in [2.24, 2.45) is 0 Å². The number of hydrogen-bond acceptors (Lipinski definition) is 1. The van der Waals surface area contributed by atoms with Crippen molar-refractivity contribution in [3.8, 4) is 0 Å². The molecule has 0 aliphatic carbocycles. The van der Waals surface area contributed by atoms with E-state index in [0.717, 1.165) is 16.5 Å². The molecule has 110 valence electrons. The molecular formula is C17H19BrN2O. The third-order valence-electron chi connectivity index (χ3n) is 3.34. The van der Waals surface area contributed by atoms with Gasteiger partial charge in [-0.15, -0.1) is 0 Å². The number of amides is 2. The molecule has 0 fully saturated rings. The fourth-order valence-electron chi connectivity index (χ4n) is 2.08. The van der Waals surface area contributed by atoms with Crippen molar-refractivity contribution in [3.63, 3.8) is 0 Å². The molecule has 4 heteroatoms. The highest BCUT2D eigenvalue weighted by Crippen LogP contribution is 2.15. The monoisotopic (exact) mass is 346 g/mol. The van der Waals surface area contributed by atoms with Crippen molar-refractivity contribution in [1.29, 1.82) is 0 Å². The molecule has 0 atom stereocenters. The molecule has 0 heterocycles. The molecule has 0 saturated heterocycles. The van der Waals surface area contributed by atoms with Gasteiger partial charge in [0, 0.05) is 17.6 Å². The normalized spacial score (nSPS) is 10.2. The Morgan fingerprint density at radius 2 is 1.67 bits per heavy atom. The molecule has 0 aliphatic rings. The van der Waals surface area contributed by atoms with Crippen LogP contribution in [0.4, 0.5) is 4.79 Å². The molecule has 0 unspecified atom stereocenters. The molecule has 0 bridgehead atoms. The largest absolute Gasteiger partial charge is 0.338 e. The quantitative estimate of drug-likeness (QED) is 0.849. The van der Waals surface area contributed by atoms with E-state index in [0.29, 0.717) is 13.1 Å². The van der Waals surface area contributed by atoms with E-state index >= 15 is 0 Å². The van der Waals surface area contributed by atoms with Crippen LogP contribution in [0.25, 0.3) is 0 Å². The molecule has 2 aromatic rings. The van der Waals surface area contributed by atoms with Crippen molar-refractivity contribution >= 4 is 22.0 Å². The number of carbonyl (C=O) groups excluding carboxylic acids is 1. The van der Waals surface area contributed by atoms with Crippen molar-refractivity contribution < 1.29 is 4.79 Å². The molecule has 2 amide bonds. The van der Waals surface area contributed by atoms with E-state index in [1.807, 2.05) is 36.4 Å². The molecule has 2 aromatic carbocycles. The van der Waals surface area contributed by atoms with Crippen LogP contribution >= 0.6 is 15.9 Å². The molecule has 21 heavy (non-hydrogen) atoms. The highest BCUT2D eigenvalue weighted by Gasteiger charge is 2.03. The number of hydrogen-bond donors (Lipinski definition) is 2. The molecule has 0 saturated carbocycles. The lowest BCUT2D eigenvalue weighted by molar-refractivity contribution is 0.240. The highest BCUT2D eigenvalue weighted by atomic mass is 79.9. The molecule has 0 aliphatic heterocycles. The van der Waals surface area contributed by atoms with Crippen LogP contribution in [0.1, 0.15) is 16.7 Å². The van der Waals surface area contributed by atoms with Gasteiger partial charge in [0.15, 0.2) is 0 Å². The van der Waals surface area contributed by atoms with Crippen molar-refractivity contribution in [2.45, 2.75) is 19.9 Å². The summed E-state index contributed by atoms with van der Waals surface area (Å²) in [6.07, 6.45) is 0.842. The van der Waals surface area contributed by atoms with Gasteiger partial charge < -0.3 is 10.6 Å². The van der Waals surface area contributed by atoms with Crippen LogP contribution < -0.4 is 10.6 Å². The zero-order chi connectivity index (χ0) is 15.1. The summed E-state index contributed by atoms with van der Waals surface area (Å²) < 4.78 is 1.00. The average molecular weight is 347 g/mol. The Bertz CT molecular complexity index is 613. The summed E-state index contributed by atoms with van der Waals surface area (Å²) in [6.45, 7) is 3.23. The summed E-state index contributed by atoms with van der Waals surface area (Å²) in [4.78, 5) is 11.8. The van der Waals surface area contributed by atoms with Gasteiger partial charge in [-0.05, 0) is 36.1 Å². The van der Waals surface area contributed by atoms with Crippen molar-refractivity contribution in [3.05, 3.63) is 69.7 Å². The zero-order valence-corrected chi connectivity index (χ0v) is 13.6. The number of urea groups is 1. The maximum atomic E-state index is 11.8. The number of aryl methyl sites for hydroxylation is 1. The Morgan fingerprint density at radius 1 is 1.00 bits per heavy atom. The third-order valence-corrected chi connectivity index (χ3v) is 4.11. The zero-order valence-electron chi connectivity index (χ0n) is 12.0. The Hall–Kier alpha value is -1.81. The van der Waals surface area contributed by atoms with Gasteiger partial charge in [-0.1, -0.05) is 58.4 Å². The van der Waals surface area contributed by atoms with E-state index in [1.165, 1.54) is 11.1 Å². The molecular weight excluding hydrogens is 328 g/mol. The predicted octanol–water partition coefficient (Wildman–Crippen LogP) is 3.80. The molecule has 0 spiro atoms. The van der Waals surface area contributed by atoms with Crippen molar-refractivity contribution in [2.75, 3.05) is 6.54 Å². The Balaban J connectivity index is 1.73. The SMILES string of the molecule is Cc1ccccc1CCNC(=O)NCc1ccccc1Br. The first-order valence-electron chi connectivity index (χ1n) is 6.96. The lowest BCUT2D eigenvalue weighted by Gasteiger charge is -2.10. The molecule has 3 nitrogen and oxygen atoms in total. The van der Waals surface area contributed by atoms with Gasteiger partial charge in [-0.2, -0.15) is 0 Å². The van der Waals surface area contributed by atoms with E-state index in [1.54, 1.807) is 0 Å². The average Bonchev–Trinajstić information content (AvgIpc) is 2.48. The highest BCUT2D eigenvalue weighted by molar-refractivity contribution is 9.10. The number of nitrogens with one attached hydrogen (secondary N) is 2. The van der Waals surface area contributed by atoms with Crippen LogP contribution in [0, 0.1) is 6.92 Å². The second-order valence-corrected chi connectivity index (χ2v) is 5.73. The second-order valence-electron chi connectivity index (χ2n) is 4.88. The number of carbonyl (C=O) groups is 1. The van der Waals surface area contributed by atoms with Gasteiger partial charge in [-0.3, -0.25) is 0 Å².